The van der Waals surface area contributed by atoms with Crippen LogP contribution in [0.1, 0.15) is 39.0 Å². The summed E-state index contributed by atoms with van der Waals surface area (Å²) in [6, 6.07) is 0. The molecule has 1 aliphatic carbocycles. The van der Waals surface area contributed by atoms with Crippen molar-refractivity contribution in [2.45, 2.75) is 49.1 Å². The monoisotopic (exact) mass is 376 g/mol. The molecule has 14 heavy (non-hydrogen) atoms. The van der Waals surface area contributed by atoms with Gasteiger partial charge in [-0.15, -0.1) is 0 Å². The fraction of sp³-hybridized carbons (Fsp3) is 1.00. The standard InChI is InChI=1S/C9H17Cl3OTe/c1-2-7-13-8-5-3-4-6-9(8)14(10,11)12/h8-9H,2-7H2,1H3/t8-,9-/m1/s1. The van der Waals surface area contributed by atoms with E-state index in [1.54, 1.807) is 0 Å². The molecule has 5 heteroatoms. The molecule has 0 radical (unpaired) electrons. The zero-order valence-corrected chi connectivity index (χ0v) is 12.9. The Bertz CT molecular complexity index is 172. The second-order valence-corrected chi connectivity index (χ2v) is 20.9. The fourth-order valence-electron chi connectivity index (χ4n) is 1.83. The van der Waals surface area contributed by atoms with Gasteiger partial charge >= 0.3 is 102 Å². The van der Waals surface area contributed by atoms with Crippen molar-refractivity contribution in [1.82, 2.24) is 0 Å². The van der Waals surface area contributed by atoms with Crippen LogP contribution in [0.4, 0.5) is 0 Å². The molecule has 0 spiro atoms. The molecule has 0 amide bonds. The van der Waals surface area contributed by atoms with Gasteiger partial charge in [-0.25, -0.2) is 0 Å². The Balaban J connectivity index is 2.50. The maximum atomic E-state index is 6.13. The Morgan fingerprint density at radius 1 is 1.21 bits per heavy atom. The molecule has 0 bridgehead atoms. The molecule has 1 rings (SSSR count). The predicted molar refractivity (Wildman–Crippen MR) is 65.6 cm³/mol. The van der Waals surface area contributed by atoms with Crippen LogP contribution in [0, 0.1) is 0 Å². The normalized spacial score (nSPS) is 30.3. The Morgan fingerprint density at radius 3 is 2.43 bits per heavy atom. The van der Waals surface area contributed by atoms with E-state index in [0.717, 1.165) is 25.9 Å². The van der Waals surface area contributed by atoms with E-state index in [9.17, 15) is 0 Å². The number of halogens is 3. The number of rotatable bonds is 4. The van der Waals surface area contributed by atoms with E-state index in [0.29, 0.717) is 0 Å². The van der Waals surface area contributed by atoms with Crippen LogP contribution in [0.2, 0.25) is 3.97 Å². The molecule has 0 N–H and O–H groups in total. The van der Waals surface area contributed by atoms with Crippen molar-refractivity contribution in [2.24, 2.45) is 0 Å². The van der Waals surface area contributed by atoms with Gasteiger partial charge in [0.2, 0.25) is 0 Å². The fourth-order valence-corrected chi connectivity index (χ4v) is 8.76. The molecule has 86 valence electrons. The van der Waals surface area contributed by atoms with Gasteiger partial charge in [-0.3, -0.25) is 0 Å². The van der Waals surface area contributed by atoms with Crippen molar-refractivity contribution < 1.29 is 4.74 Å². The van der Waals surface area contributed by atoms with E-state index in [1.165, 1.54) is 12.8 Å². The van der Waals surface area contributed by atoms with Crippen LogP contribution in [0.5, 0.6) is 0 Å². The minimum atomic E-state index is -3.10. The summed E-state index contributed by atoms with van der Waals surface area (Å²) in [5.41, 5.74) is 0. The molecule has 0 unspecified atom stereocenters. The molecule has 0 heterocycles. The molecule has 0 aromatic rings. The van der Waals surface area contributed by atoms with E-state index in [1.807, 2.05) is 0 Å². The zero-order valence-electron chi connectivity index (χ0n) is 8.35. The minimum absolute atomic E-state index is 0.220. The molecule has 1 nitrogen and oxygen atoms in total. The van der Waals surface area contributed by atoms with Gasteiger partial charge in [-0.05, 0) is 0 Å². The first-order valence-corrected chi connectivity index (χ1v) is 15.3. The second-order valence-electron chi connectivity index (χ2n) is 3.67. The van der Waals surface area contributed by atoms with E-state index >= 15 is 0 Å². The molecule has 1 aliphatic rings. The van der Waals surface area contributed by atoms with Gasteiger partial charge in [-0.1, -0.05) is 0 Å². The van der Waals surface area contributed by atoms with Crippen molar-refractivity contribution in [3.63, 3.8) is 0 Å². The number of hydrogen-bond acceptors (Lipinski definition) is 1. The van der Waals surface area contributed by atoms with Crippen LogP contribution in [0.25, 0.3) is 0 Å². The van der Waals surface area contributed by atoms with E-state index < -0.39 is 14.8 Å². The topological polar surface area (TPSA) is 9.23 Å². The van der Waals surface area contributed by atoms with Crippen molar-refractivity contribution in [2.75, 3.05) is 6.61 Å². The first kappa shape index (κ1) is 13.7. The molecule has 0 aromatic heterocycles. The summed E-state index contributed by atoms with van der Waals surface area (Å²) in [5.74, 6) is 0. The molecule has 2 atom stereocenters. The molecule has 1 saturated carbocycles. The van der Waals surface area contributed by atoms with Gasteiger partial charge in [0.15, 0.2) is 0 Å². The third-order valence-corrected chi connectivity index (χ3v) is 10.6. The van der Waals surface area contributed by atoms with Gasteiger partial charge < -0.3 is 0 Å². The molecule has 0 aliphatic heterocycles. The predicted octanol–water partition coefficient (Wildman–Crippen LogP) is 4.38. The van der Waals surface area contributed by atoms with Gasteiger partial charge in [0.1, 0.15) is 0 Å². The van der Waals surface area contributed by atoms with Crippen LogP contribution < -0.4 is 0 Å². The van der Waals surface area contributed by atoms with Crippen molar-refractivity contribution in [3.8, 4) is 0 Å². The third kappa shape index (κ3) is 4.24. The van der Waals surface area contributed by atoms with Gasteiger partial charge in [0, 0.05) is 0 Å². The summed E-state index contributed by atoms with van der Waals surface area (Å²) in [4.78, 5) is 0. The molecule has 0 saturated heterocycles. The quantitative estimate of drug-likeness (QED) is 0.663. The van der Waals surface area contributed by atoms with Crippen molar-refractivity contribution >= 4 is 41.7 Å². The maximum absolute atomic E-state index is 6.13. The van der Waals surface area contributed by atoms with E-state index in [-0.39, 0.29) is 10.1 Å². The number of hydrogen-bond donors (Lipinski definition) is 0. The van der Waals surface area contributed by atoms with Crippen LogP contribution >= 0.6 is 26.9 Å². The average molecular weight is 375 g/mol. The molecule has 0 aromatic carbocycles. The Morgan fingerprint density at radius 2 is 1.86 bits per heavy atom. The summed E-state index contributed by atoms with van der Waals surface area (Å²) in [7, 11) is 18.4. The summed E-state index contributed by atoms with van der Waals surface area (Å²) < 4.78 is 6.02. The third-order valence-electron chi connectivity index (χ3n) is 2.52. The summed E-state index contributed by atoms with van der Waals surface area (Å²) in [5, 5.41) is 0. The Kier molecular flexibility index (Phi) is 6.23. The molecular formula is C9H17Cl3OTe. The molecule has 1 fully saturated rings. The Labute approximate surface area is 101 Å². The van der Waals surface area contributed by atoms with E-state index in [4.69, 9.17) is 31.6 Å². The first-order chi connectivity index (χ1) is 6.55. The van der Waals surface area contributed by atoms with E-state index in [2.05, 4.69) is 6.92 Å². The van der Waals surface area contributed by atoms with Gasteiger partial charge in [-0.2, -0.15) is 0 Å². The van der Waals surface area contributed by atoms with Gasteiger partial charge in [0.25, 0.3) is 0 Å². The second kappa shape index (κ2) is 6.38. The summed E-state index contributed by atoms with van der Waals surface area (Å²) in [6.07, 6.45) is 5.79. The average Bonchev–Trinajstić information content (AvgIpc) is 2.14. The van der Waals surface area contributed by atoms with Crippen LogP contribution in [-0.2, 0) is 4.74 Å². The van der Waals surface area contributed by atoms with Crippen molar-refractivity contribution in [3.05, 3.63) is 0 Å². The number of ether oxygens (including phenoxy) is 1. The van der Waals surface area contributed by atoms with Crippen LogP contribution in [0.3, 0.4) is 0 Å². The summed E-state index contributed by atoms with van der Waals surface area (Å²) >= 11 is -3.10. The Hall–Kier alpha value is 1.62. The summed E-state index contributed by atoms with van der Waals surface area (Å²) in [6.45, 7) is 2.90. The van der Waals surface area contributed by atoms with Crippen LogP contribution in [0.15, 0.2) is 0 Å². The zero-order chi connectivity index (χ0) is 10.6. The van der Waals surface area contributed by atoms with Crippen LogP contribution in [-0.4, -0.2) is 27.5 Å². The van der Waals surface area contributed by atoms with Gasteiger partial charge in [0.05, 0.1) is 0 Å². The SMILES string of the molecule is CCCO[C@@H]1CCCC[C@H]1[Te](Cl)(Cl)Cl. The first-order valence-electron chi connectivity index (χ1n) is 5.08. The van der Waals surface area contributed by atoms with Crippen molar-refractivity contribution in [1.29, 1.82) is 0 Å². The molecular weight excluding hydrogens is 358 g/mol.